The second-order valence-electron chi connectivity index (χ2n) is 11.4. The summed E-state index contributed by atoms with van der Waals surface area (Å²) in [6.07, 6.45) is -1.45. The van der Waals surface area contributed by atoms with Crippen LogP contribution in [0.25, 0.3) is 0 Å². The highest BCUT2D eigenvalue weighted by molar-refractivity contribution is 5.27. The third-order valence-electron chi connectivity index (χ3n) is 8.52. The van der Waals surface area contributed by atoms with Gasteiger partial charge in [-0.15, -0.1) is 0 Å². The molecule has 6 rings (SSSR count). The fourth-order valence-electron chi connectivity index (χ4n) is 6.22. The molecule has 2 fully saturated rings. The van der Waals surface area contributed by atoms with E-state index in [0.29, 0.717) is 33.0 Å². The molecule has 0 radical (unpaired) electrons. The molecule has 6 atom stereocenters. The van der Waals surface area contributed by atoms with Crippen molar-refractivity contribution < 1.29 is 28.5 Å². The highest BCUT2D eigenvalue weighted by atomic mass is 16.7. The SMILES string of the molecule is COc1ccc(COC2C(OCc3ccccc3)C(OCc3ccccc3)C(OCc3ccccc3)[C@@H]3CON(C)[C@@H]23)cc1. The number of benzene rings is 4. The van der Waals surface area contributed by atoms with Crippen molar-refractivity contribution in [3.63, 3.8) is 0 Å². The fourth-order valence-corrected chi connectivity index (χ4v) is 6.22. The molecule has 1 saturated heterocycles. The molecule has 0 spiro atoms. The molecule has 230 valence electrons. The van der Waals surface area contributed by atoms with Crippen LogP contribution >= 0.6 is 0 Å². The first-order chi connectivity index (χ1) is 21.7. The Hall–Kier alpha value is -3.56. The predicted octanol–water partition coefficient (Wildman–Crippen LogP) is 6.21. The van der Waals surface area contributed by atoms with E-state index in [2.05, 4.69) is 36.4 Å². The Morgan fingerprint density at radius 3 is 1.43 bits per heavy atom. The maximum atomic E-state index is 6.81. The van der Waals surface area contributed by atoms with E-state index in [4.69, 9.17) is 28.5 Å². The Balaban J connectivity index is 1.32. The molecule has 4 aromatic rings. The van der Waals surface area contributed by atoms with Gasteiger partial charge in [0.15, 0.2) is 0 Å². The summed E-state index contributed by atoms with van der Waals surface area (Å²) in [6, 6.07) is 38.6. The Morgan fingerprint density at radius 2 is 0.955 bits per heavy atom. The molecule has 7 nitrogen and oxygen atoms in total. The molecule has 4 unspecified atom stereocenters. The van der Waals surface area contributed by atoms with E-state index >= 15 is 0 Å². The molecular formula is C37H41NO6. The van der Waals surface area contributed by atoms with Gasteiger partial charge in [0, 0.05) is 13.0 Å². The Kier molecular flexibility index (Phi) is 10.3. The van der Waals surface area contributed by atoms with E-state index in [1.54, 1.807) is 7.11 Å². The molecule has 4 aromatic carbocycles. The highest BCUT2D eigenvalue weighted by Gasteiger charge is 2.57. The number of methoxy groups -OCH3 is 1. The molecule has 1 heterocycles. The zero-order valence-electron chi connectivity index (χ0n) is 25.4. The van der Waals surface area contributed by atoms with Gasteiger partial charge in [-0.05, 0) is 34.4 Å². The lowest BCUT2D eigenvalue weighted by molar-refractivity contribution is -0.247. The lowest BCUT2D eigenvalue weighted by atomic mass is 9.77. The smallest absolute Gasteiger partial charge is 0.118 e. The van der Waals surface area contributed by atoms with Gasteiger partial charge < -0.3 is 23.7 Å². The number of fused-ring (bicyclic) bond motifs is 1. The Labute approximate surface area is 260 Å². The summed E-state index contributed by atoms with van der Waals surface area (Å²) in [7, 11) is 3.65. The standard InChI is InChI=1S/C37H41NO6/c1-38-33-32(26-44-38)34(40-22-27-12-6-3-7-13-27)36(42-23-28-14-8-4-9-15-28)37(43-24-29-16-10-5-11-17-29)35(33)41-25-30-18-20-31(39-2)21-19-30/h3-21,32-37H,22-26H2,1-2H3/t32-,33-,34?,35?,36?,37?/m1/s1. The van der Waals surface area contributed by atoms with Crippen LogP contribution in [0.1, 0.15) is 22.3 Å². The van der Waals surface area contributed by atoms with Crippen molar-refractivity contribution >= 4 is 0 Å². The number of hydrogen-bond acceptors (Lipinski definition) is 7. The summed E-state index contributed by atoms with van der Waals surface area (Å²) in [6.45, 7) is 2.25. The van der Waals surface area contributed by atoms with E-state index < -0.39 is 12.2 Å². The van der Waals surface area contributed by atoms with Gasteiger partial charge in [-0.25, -0.2) is 0 Å². The molecule has 7 heteroatoms. The van der Waals surface area contributed by atoms with E-state index in [0.717, 1.165) is 28.0 Å². The molecule has 0 bridgehead atoms. The summed E-state index contributed by atoms with van der Waals surface area (Å²) in [5.41, 5.74) is 4.34. The van der Waals surface area contributed by atoms with Gasteiger partial charge in [0.05, 0.1) is 52.3 Å². The quantitative estimate of drug-likeness (QED) is 0.182. The summed E-state index contributed by atoms with van der Waals surface area (Å²) >= 11 is 0. The third kappa shape index (κ3) is 7.38. The van der Waals surface area contributed by atoms with Crippen molar-refractivity contribution in [3.05, 3.63) is 138 Å². The molecule has 1 aliphatic carbocycles. The van der Waals surface area contributed by atoms with Gasteiger partial charge >= 0.3 is 0 Å². The van der Waals surface area contributed by atoms with Crippen LogP contribution in [-0.2, 0) is 50.2 Å². The van der Waals surface area contributed by atoms with E-state index in [-0.39, 0.29) is 24.2 Å². The van der Waals surface area contributed by atoms with Crippen molar-refractivity contribution in [2.45, 2.75) is 56.9 Å². The maximum absolute atomic E-state index is 6.81. The summed E-state index contributed by atoms with van der Waals surface area (Å²) < 4.78 is 32.5. The second-order valence-corrected chi connectivity index (χ2v) is 11.4. The van der Waals surface area contributed by atoms with Crippen LogP contribution in [0.5, 0.6) is 5.75 Å². The van der Waals surface area contributed by atoms with E-state index in [1.165, 1.54) is 0 Å². The van der Waals surface area contributed by atoms with Crippen LogP contribution in [-0.4, -0.2) is 56.3 Å². The summed E-state index contributed by atoms with van der Waals surface area (Å²) in [4.78, 5) is 6.16. The van der Waals surface area contributed by atoms with Crippen LogP contribution < -0.4 is 4.74 Å². The Morgan fingerprint density at radius 1 is 0.545 bits per heavy atom. The number of hydroxylamine groups is 2. The fraction of sp³-hybridized carbons (Fsp3) is 0.351. The summed E-state index contributed by atoms with van der Waals surface area (Å²) in [5.74, 6) is 0.828. The van der Waals surface area contributed by atoms with Gasteiger partial charge in [-0.3, -0.25) is 4.84 Å². The molecule has 1 aliphatic heterocycles. The van der Waals surface area contributed by atoms with Crippen LogP contribution in [0.4, 0.5) is 0 Å². The number of rotatable bonds is 13. The molecule has 0 N–H and O–H groups in total. The van der Waals surface area contributed by atoms with Crippen molar-refractivity contribution in [2.24, 2.45) is 5.92 Å². The predicted molar refractivity (Wildman–Crippen MR) is 168 cm³/mol. The molecule has 2 aliphatic rings. The molecule has 0 aromatic heterocycles. The van der Waals surface area contributed by atoms with Crippen LogP contribution in [0.15, 0.2) is 115 Å². The van der Waals surface area contributed by atoms with Gasteiger partial charge in [-0.2, -0.15) is 5.06 Å². The van der Waals surface area contributed by atoms with Crippen LogP contribution in [0.3, 0.4) is 0 Å². The third-order valence-corrected chi connectivity index (χ3v) is 8.52. The second kappa shape index (κ2) is 14.9. The zero-order chi connectivity index (χ0) is 30.1. The van der Waals surface area contributed by atoms with Gasteiger partial charge in [0.25, 0.3) is 0 Å². The molecular weight excluding hydrogens is 554 g/mol. The number of ether oxygens (including phenoxy) is 5. The first-order valence-corrected chi connectivity index (χ1v) is 15.3. The van der Waals surface area contributed by atoms with Gasteiger partial charge in [0.1, 0.15) is 24.1 Å². The average molecular weight is 596 g/mol. The number of nitrogens with zero attached hydrogens (tertiary/aromatic N) is 1. The molecule has 44 heavy (non-hydrogen) atoms. The highest BCUT2D eigenvalue weighted by Crippen LogP contribution is 2.41. The normalized spacial score (nSPS) is 25.0. The molecule has 0 amide bonds. The first-order valence-electron chi connectivity index (χ1n) is 15.3. The minimum Gasteiger partial charge on any atom is -0.497 e. The maximum Gasteiger partial charge on any atom is 0.118 e. The van der Waals surface area contributed by atoms with E-state index in [1.807, 2.05) is 91.0 Å². The van der Waals surface area contributed by atoms with Crippen molar-refractivity contribution in [1.29, 1.82) is 0 Å². The minimum absolute atomic E-state index is 0.0157. The number of hydrogen-bond donors (Lipinski definition) is 0. The largest absolute Gasteiger partial charge is 0.497 e. The van der Waals surface area contributed by atoms with Crippen LogP contribution in [0, 0.1) is 5.92 Å². The van der Waals surface area contributed by atoms with Gasteiger partial charge in [0.2, 0.25) is 0 Å². The van der Waals surface area contributed by atoms with Crippen molar-refractivity contribution in [1.82, 2.24) is 5.06 Å². The molecule has 1 saturated carbocycles. The summed E-state index contributed by atoms with van der Waals surface area (Å²) in [5, 5.41) is 1.93. The Bertz CT molecular complexity index is 1400. The minimum atomic E-state index is -0.427. The lowest BCUT2D eigenvalue weighted by Crippen LogP contribution is -2.65. The lowest BCUT2D eigenvalue weighted by Gasteiger charge is -2.48. The van der Waals surface area contributed by atoms with Crippen molar-refractivity contribution in [3.8, 4) is 5.75 Å². The first kappa shape index (κ1) is 30.5. The van der Waals surface area contributed by atoms with E-state index in [9.17, 15) is 0 Å². The average Bonchev–Trinajstić information content (AvgIpc) is 3.47. The topological polar surface area (TPSA) is 58.6 Å². The van der Waals surface area contributed by atoms with Gasteiger partial charge in [-0.1, -0.05) is 103 Å². The monoisotopic (exact) mass is 595 g/mol. The van der Waals surface area contributed by atoms with Crippen LogP contribution in [0.2, 0.25) is 0 Å². The number of likely N-dealkylation sites (N-methyl/N-ethyl adjacent to an activating group) is 1. The van der Waals surface area contributed by atoms with Crippen molar-refractivity contribution in [2.75, 3.05) is 20.8 Å². The zero-order valence-corrected chi connectivity index (χ0v) is 25.4.